The standard InChI is InChI=1S/C10H14F3NO3/c1-5-4-14(9(17)10(11,12)13)6(2)3-7(5)8(15)16/h5-7H,3-4H2,1-2H3,(H,15,16)/t5-,6-,7+/m1/s1. The van der Waals surface area contributed by atoms with Crippen molar-refractivity contribution in [3.63, 3.8) is 0 Å². The van der Waals surface area contributed by atoms with E-state index in [2.05, 4.69) is 0 Å². The summed E-state index contributed by atoms with van der Waals surface area (Å²) in [4.78, 5) is 22.7. The molecule has 0 bridgehead atoms. The summed E-state index contributed by atoms with van der Waals surface area (Å²) in [7, 11) is 0. The highest BCUT2D eigenvalue weighted by atomic mass is 19.4. The molecule has 0 radical (unpaired) electrons. The van der Waals surface area contributed by atoms with E-state index in [1.807, 2.05) is 0 Å². The molecule has 1 N–H and O–H groups in total. The van der Waals surface area contributed by atoms with Crippen LogP contribution in [-0.4, -0.2) is 40.6 Å². The quantitative estimate of drug-likeness (QED) is 0.770. The normalized spacial score (nSPS) is 30.2. The van der Waals surface area contributed by atoms with Crippen LogP contribution in [0.5, 0.6) is 0 Å². The van der Waals surface area contributed by atoms with Gasteiger partial charge in [0.25, 0.3) is 0 Å². The summed E-state index contributed by atoms with van der Waals surface area (Å²) in [6, 6.07) is -0.707. The van der Waals surface area contributed by atoms with E-state index in [4.69, 9.17) is 5.11 Å². The Hall–Kier alpha value is -1.27. The fraction of sp³-hybridized carbons (Fsp3) is 0.800. The molecule has 0 aromatic carbocycles. The van der Waals surface area contributed by atoms with Crippen molar-refractivity contribution >= 4 is 11.9 Å². The van der Waals surface area contributed by atoms with E-state index < -0.39 is 35.9 Å². The lowest BCUT2D eigenvalue weighted by atomic mass is 9.83. The average Bonchev–Trinajstić information content (AvgIpc) is 2.18. The highest BCUT2D eigenvalue weighted by Crippen LogP contribution is 2.31. The van der Waals surface area contributed by atoms with Crippen LogP contribution in [0.15, 0.2) is 0 Å². The molecule has 1 rings (SSSR count). The summed E-state index contributed by atoms with van der Waals surface area (Å²) >= 11 is 0. The monoisotopic (exact) mass is 253 g/mol. The topological polar surface area (TPSA) is 57.6 Å². The second-order valence-corrected chi connectivity index (χ2v) is 4.46. The van der Waals surface area contributed by atoms with Crippen molar-refractivity contribution in [2.24, 2.45) is 11.8 Å². The van der Waals surface area contributed by atoms with Crippen molar-refractivity contribution in [3.05, 3.63) is 0 Å². The molecule has 4 nitrogen and oxygen atoms in total. The molecule has 0 aromatic heterocycles. The molecule has 1 saturated heterocycles. The summed E-state index contributed by atoms with van der Waals surface area (Å²) in [5, 5.41) is 8.89. The number of carboxylic acid groups (broad SMARTS) is 1. The molecule has 3 atom stereocenters. The molecule has 0 spiro atoms. The van der Waals surface area contributed by atoms with Gasteiger partial charge in [-0.3, -0.25) is 9.59 Å². The Morgan fingerprint density at radius 2 is 1.82 bits per heavy atom. The number of carboxylic acids is 1. The first kappa shape index (κ1) is 13.8. The van der Waals surface area contributed by atoms with Crippen LogP contribution in [0.1, 0.15) is 20.3 Å². The van der Waals surface area contributed by atoms with Gasteiger partial charge in [-0.15, -0.1) is 0 Å². The van der Waals surface area contributed by atoms with Crippen LogP contribution in [0.25, 0.3) is 0 Å². The van der Waals surface area contributed by atoms with Gasteiger partial charge >= 0.3 is 18.1 Å². The number of halogens is 3. The molecule has 1 fully saturated rings. The van der Waals surface area contributed by atoms with E-state index in [-0.39, 0.29) is 13.0 Å². The van der Waals surface area contributed by atoms with Crippen molar-refractivity contribution in [1.82, 2.24) is 4.90 Å². The number of hydrogen-bond donors (Lipinski definition) is 1. The minimum Gasteiger partial charge on any atom is -0.481 e. The lowest BCUT2D eigenvalue weighted by Gasteiger charge is -2.40. The zero-order valence-electron chi connectivity index (χ0n) is 9.49. The van der Waals surface area contributed by atoms with Crippen LogP contribution in [-0.2, 0) is 9.59 Å². The van der Waals surface area contributed by atoms with Crippen molar-refractivity contribution < 1.29 is 27.9 Å². The number of rotatable bonds is 1. The van der Waals surface area contributed by atoms with Gasteiger partial charge < -0.3 is 10.0 Å². The molecule has 1 heterocycles. The molecule has 0 saturated carbocycles. The summed E-state index contributed by atoms with van der Waals surface area (Å²) < 4.78 is 36.8. The van der Waals surface area contributed by atoms with Gasteiger partial charge in [0.2, 0.25) is 0 Å². The Bertz CT molecular complexity index is 329. The Kier molecular flexibility index (Phi) is 3.68. The van der Waals surface area contributed by atoms with Gasteiger partial charge in [0.15, 0.2) is 0 Å². The van der Waals surface area contributed by atoms with E-state index >= 15 is 0 Å². The molecule has 1 amide bonds. The Morgan fingerprint density at radius 1 is 1.29 bits per heavy atom. The third-order valence-corrected chi connectivity index (χ3v) is 3.12. The van der Waals surface area contributed by atoms with Crippen molar-refractivity contribution in [3.8, 4) is 0 Å². The molecule has 0 unspecified atom stereocenters. The van der Waals surface area contributed by atoms with E-state index in [1.54, 1.807) is 6.92 Å². The molecule has 0 aromatic rings. The van der Waals surface area contributed by atoms with Crippen LogP contribution < -0.4 is 0 Å². The highest BCUT2D eigenvalue weighted by molar-refractivity contribution is 5.82. The number of alkyl halides is 3. The first-order valence-corrected chi connectivity index (χ1v) is 5.25. The van der Waals surface area contributed by atoms with Gasteiger partial charge in [-0.25, -0.2) is 0 Å². The number of carbonyl (C=O) groups excluding carboxylic acids is 1. The van der Waals surface area contributed by atoms with Gasteiger partial charge in [0.1, 0.15) is 0 Å². The fourth-order valence-corrected chi connectivity index (χ4v) is 2.13. The number of nitrogens with zero attached hydrogens (tertiary/aromatic N) is 1. The molecule has 7 heteroatoms. The van der Waals surface area contributed by atoms with Gasteiger partial charge in [0, 0.05) is 12.6 Å². The minimum atomic E-state index is -4.90. The number of amides is 1. The van der Waals surface area contributed by atoms with Gasteiger partial charge in [-0.05, 0) is 19.3 Å². The predicted octanol–water partition coefficient (Wildman–Crippen LogP) is 1.51. The van der Waals surface area contributed by atoms with E-state index in [1.165, 1.54) is 6.92 Å². The van der Waals surface area contributed by atoms with E-state index in [9.17, 15) is 22.8 Å². The first-order valence-electron chi connectivity index (χ1n) is 5.25. The number of hydrogen-bond acceptors (Lipinski definition) is 2. The van der Waals surface area contributed by atoms with E-state index in [0.29, 0.717) is 4.90 Å². The predicted molar refractivity (Wildman–Crippen MR) is 52.1 cm³/mol. The van der Waals surface area contributed by atoms with Crippen molar-refractivity contribution in [1.29, 1.82) is 0 Å². The molecule has 0 aliphatic carbocycles. The van der Waals surface area contributed by atoms with Crippen LogP contribution >= 0.6 is 0 Å². The third-order valence-electron chi connectivity index (χ3n) is 3.12. The zero-order valence-corrected chi connectivity index (χ0v) is 9.49. The number of piperidine rings is 1. The summed E-state index contributed by atoms with van der Waals surface area (Å²) in [6.45, 7) is 2.81. The average molecular weight is 253 g/mol. The van der Waals surface area contributed by atoms with Crippen LogP contribution in [0.3, 0.4) is 0 Å². The van der Waals surface area contributed by atoms with Crippen LogP contribution in [0.2, 0.25) is 0 Å². The highest BCUT2D eigenvalue weighted by Gasteiger charge is 2.47. The maximum atomic E-state index is 12.3. The fourth-order valence-electron chi connectivity index (χ4n) is 2.13. The summed E-state index contributed by atoms with van der Waals surface area (Å²) in [5.74, 6) is -4.08. The lowest BCUT2D eigenvalue weighted by Crippen LogP contribution is -2.53. The van der Waals surface area contributed by atoms with Gasteiger partial charge in [0.05, 0.1) is 5.92 Å². The molecular weight excluding hydrogens is 239 g/mol. The number of likely N-dealkylation sites (tertiary alicyclic amines) is 1. The van der Waals surface area contributed by atoms with Crippen molar-refractivity contribution in [2.45, 2.75) is 32.5 Å². The maximum Gasteiger partial charge on any atom is 0.471 e. The molecule has 1 aliphatic heterocycles. The Balaban J connectivity index is 2.81. The Morgan fingerprint density at radius 3 is 2.24 bits per heavy atom. The second-order valence-electron chi connectivity index (χ2n) is 4.46. The Labute approximate surface area is 96.4 Å². The number of carbonyl (C=O) groups is 2. The maximum absolute atomic E-state index is 12.3. The number of aliphatic carboxylic acids is 1. The zero-order chi connectivity index (χ0) is 13.4. The molecule has 98 valence electrons. The largest absolute Gasteiger partial charge is 0.481 e. The van der Waals surface area contributed by atoms with Gasteiger partial charge in [-0.1, -0.05) is 6.92 Å². The molecular formula is C10H14F3NO3. The van der Waals surface area contributed by atoms with E-state index in [0.717, 1.165) is 0 Å². The third kappa shape index (κ3) is 2.89. The van der Waals surface area contributed by atoms with Crippen molar-refractivity contribution in [2.75, 3.05) is 6.54 Å². The van der Waals surface area contributed by atoms with Crippen LogP contribution in [0.4, 0.5) is 13.2 Å². The first-order chi connectivity index (χ1) is 7.64. The summed E-state index contributed by atoms with van der Waals surface area (Å²) in [6.07, 6.45) is -4.84. The second kappa shape index (κ2) is 4.54. The molecule has 17 heavy (non-hydrogen) atoms. The van der Waals surface area contributed by atoms with Crippen LogP contribution in [0, 0.1) is 11.8 Å². The molecule has 1 aliphatic rings. The van der Waals surface area contributed by atoms with Gasteiger partial charge in [-0.2, -0.15) is 13.2 Å². The lowest BCUT2D eigenvalue weighted by molar-refractivity contribution is -0.191. The smallest absolute Gasteiger partial charge is 0.471 e. The minimum absolute atomic E-state index is 0.0539. The SMILES string of the molecule is C[C@@H]1CN(C(=O)C(F)(F)F)[C@H](C)C[C@@H]1C(=O)O. The summed E-state index contributed by atoms with van der Waals surface area (Å²) in [5.41, 5.74) is 0.